The number of nitrogens with zero attached hydrogens (tertiary/aromatic N) is 2. The summed E-state index contributed by atoms with van der Waals surface area (Å²) in [4.78, 5) is 31.8. The predicted octanol–water partition coefficient (Wildman–Crippen LogP) is 5.80. The first-order valence-corrected chi connectivity index (χ1v) is 11.4. The second-order valence-electron chi connectivity index (χ2n) is 8.15. The Morgan fingerprint density at radius 2 is 1.85 bits per heavy atom. The lowest BCUT2D eigenvalue weighted by molar-refractivity contribution is -0.140. The molecule has 1 N–H and O–H groups in total. The van der Waals surface area contributed by atoms with E-state index in [1.54, 1.807) is 67.0 Å². The maximum Gasteiger partial charge on any atom is 0.295 e. The van der Waals surface area contributed by atoms with Gasteiger partial charge in [0.25, 0.3) is 11.7 Å². The third-order valence-corrected chi connectivity index (χ3v) is 5.93. The molecule has 1 atom stereocenters. The van der Waals surface area contributed by atoms with Gasteiger partial charge in [0.2, 0.25) is 0 Å². The van der Waals surface area contributed by atoms with Crippen LogP contribution in [0.1, 0.15) is 36.6 Å². The zero-order valence-corrected chi connectivity index (χ0v) is 20.0. The van der Waals surface area contributed by atoms with E-state index >= 15 is 0 Å². The van der Waals surface area contributed by atoms with Gasteiger partial charge in [-0.15, -0.1) is 0 Å². The van der Waals surface area contributed by atoms with Gasteiger partial charge in [-0.2, -0.15) is 0 Å². The average molecular weight is 497 g/mol. The third kappa shape index (κ3) is 4.79. The molecule has 4 rings (SSSR count). The SMILES string of the molecule is CC(C)Oc1ccc(C(O)=C2C(=O)C(=O)N(Cc3cccnc3)[C@@H]2c2ccc(Cl)cc2Cl)cc1. The lowest BCUT2D eigenvalue weighted by atomic mass is 9.95. The number of Topliss-reactive ketones (excluding diaryl/α,β-unsaturated/α-hetero) is 1. The number of amides is 1. The van der Waals surface area contributed by atoms with Crippen molar-refractivity contribution in [1.29, 1.82) is 0 Å². The van der Waals surface area contributed by atoms with Crippen molar-refractivity contribution in [1.82, 2.24) is 9.88 Å². The smallest absolute Gasteiger partial charge is 0.295 e. The highest BCUT2D eigenvalue weighted by Gasteiger charge is 2.46. The van der Waals surface area contributed by atoms with E-state index in [0.717, 1.165) is 5.56 Å². The van der Waals surface area contributed by atoms with Gasteiger partial charge in [0.15, 0.2) is 0 Å². The second-order valence-corrected chi connectivity index (χ2v) is 8.99. The molecular weight excluding hydrogens is 475 g/mol. The first-order valence-electron chi connectivity index (χ1n) is 10.7. The highest BCUT2D eigenvalue weighted by molar-refractivity contribution is 6.47. The van der Waals surface area contributed by atoms with Gasteiger partial charge in [-0.05, 0) is 67.4 Å². The van der Waals surface area contributed by atoms with Crippen LogP contribution in [-0.2, 0) is 16.1 Å². The van der Waals surface area contributed by atoms with Crippen molar-refractivity contribution >= 4 is 40.7 Å². The van der Waals surface area contributed by atoms with E-state index < -0.39 is 17.7 Å². The Balaban J connectivity index is 1.83. The van der Waals surface area contributed by atoms with E-state index in [2.05, 4.69) is 4.98 Å². The van der Waals surface area contributed by atoms with Crippen molar-refractivity contribution in [3.63, 3.8) is 0 Å². The Morgan fingerprint density at radius 3 is 2.47 bits per heavy atom. The van der Waals surface area contributed by atoms with E-state index in [-0.39, 0.29) is 29.0 Å². The fourth-order valence-corrected chi connectivity index (χ4v) is 4.41. The molecular formula is C26H22Cl2N2O4. The van der Waals surface area contributed by atoms with Gasteiger partial charge in [0.1, 0.15) is 11.5 Å². The summed E-state index contributed by atoms with van der Waals surface area (Å²) in [5, 5.41) is 11.9. The van der Waals surface area contributed by atoms with E-state index in [0.29, 0.717) is 21.9 Å². The van der Waals surface area contributed by atoms with Crippen LogP contribution in [0, 0.1) is 0 Å². The lowest BCUT2D eigenvalue weighted by Crippen LogP contribution is -2.29. The van der Waals surface area contributed by atoms with Crippen LogP contribution in [0.15, 0.2) is 72.6 Å². The largest absolute Gasteiger partial charge is 0.507 e. The zero-order valence-electron chi connectivity index (χ0n) is 18.5. The minimum Gasteiger partial charge on any atom is -0.507 e. The monoisotopic (exact) mass is 496 g/mol. The van der Waals surface area contributed by atoms with Crippen molar-refractivity contribution in [2.24, 2.45) is 0 Å². The van der Waals surface area contributed by atoms with Crippen molar-refractivity contribution < 1.29 is 19.4 Å². The number of carbonyl (C=O) groups is 2. The minimum absolute atomic E-state index is 0.00991. The number of ketones is 1. The molecule has 3 aromatic rings. The first kappa shape index (κ1) is 23.8. The summed E-state index contributed by atoms with van der Waals surface area (Å²) in [5.41, 5.74) is 1.55. The fraction of sp³-hybridized carbons (Fsp3) is 0.192. The topological polar surface area (TPSA) is 79.7 Å². The number of likely N-dealkylation sites (tertiary alicyclic amines) is 1. The van der Waals surface area contributed by atoms with Gasteiger partial charge in [-0.1, -0.05) is 35.3 Å². The Labute approximate surface area is 207 Å². The molecule has 34 heavy (non-hydrogen) atoms. The molecule has 2 heterocycles. The van der Waals surface area contributed by atoms with Gasteiger partial charge in [-0.3, -0.25) is 14.6 Å². The van der Waals surface area contributed by atoms with E-state index in [1.807, 2.05) is 13.8 Å². The molecule has 1 aliphatic heterocycles. The van der Waals surface area contributed by atoms with Crippen molar-refractivity contribution in [3.8, 4) is 5.75 Å². The number of pyridine rings is 1. The summed E-state index contributed by atoms with van der Waals surface area (Å²) in [5.74, 6) is -1.19. The summed E-state index contributed by atoms with van der Waals surface area (Å²) >= 11 is 12.6. The van der Waals surface area contributed by atoms with Gasteiger partial charge in [-0.25, -0.2) is 0 Å². The number of ether oxygens (including phenoxy) is 1. The standard InChI is InChI=1S/C26H22Cl2N2O4/c1-15(2)34-19-8-5-17(6-9-19)24(31)22-23(20-10-7-18(27)12-21(20)28)30(26(33)25(22)32)14-16-4-3-11-29-13-16/h3-13,15,23,31H,14H2,1-2H3/t23-/m1/s1. The number of halogens is 2. The Morgan fingerprint density at radius 1 is 1.12 bits per heavy atom. The number of rotatable bonds is 6. The maximum atomic E-state index is 13.2. The van der Waals surface area contributed by atoms with Gasteiger partial charge >= 0.3 is 0 Å². The predicted molar refractivity (Wildman–Crippen MR) is 131 cm³/mol. The van der Waals surface area contributed by atoms with Crippen LogP contribution in [0.3, 0.4) is 0 Å². The molecule has 8 heteroatoms. The normalized spacial score (nSPS) is 17.4. The molecule has 0 saturated carbocycles. The molecule has 0 radical (unpaired) electrons. The number of aromatic nitrogens is 1. The summed E-state index contributed by atoms with van der Waals surface area (Å²) in [7, 11) is 0. The van der Waals surface area contributed by atoms with E-state index in [9.17, 15) is 14.7 Å². The summed E-state index contributed by atoms with van der Waals surface area (Å²) in [6.45, 7) is 3.93. The minimum atomic E-state index is -0.906. The molecule has 1 fully saturated rings. The third-order valence-electron chi connectivity index (χ3n) is 5.37. The van der Waals surface area contributed by atoms with Crippen LogP contribution in [0.5, 0.6) is 5.75 Å². The van der Waals surface area contributed by atoms with Crippen LogP contribution < -0.4 is 4.74 Å². The van der Waals surface area contributed by atoms with Gasteiger partial charge < -0.3 is 14.7 Å². The second kappa shape index (κ2) is 9.87. The van der Waals surface area contributed by atoms with Crippen LogP contribution in [0.25, 0.3) is 5.76 Å². The Hall–Kier alpha value is -3.35. The highest BCUT2D eigenvalue weighted by atomic mass is 35.5. The molecule has 1 amide bonds. The zero-order chi connectivity index (χ0) is 24.4. The van der Waals surface area contributed by atoms with E-state index in [1.165, 1.54) is 4.90 Å². The van der Waals surface area contributed by atoms with Crippen LogP contribution in [-0.4, -0.2) is 32.8 Å². The maximum absolute atomic E-state index is 13.2. The number of aliphatic hydroxyl groups excluding tert-OH is 1. The molecule has 0 unspecified atom stereocenters. The number of hydrogen-bond donors (Lipinski definition) is 1. The van der Waals surface area contributed by atoms with Crippen molar-refractivity contribution in [2.75, 3.05) is 0 Å². The first-order chi connectivity index (χ1) is 16.3. The molecule has 0 bridgehead atoms. The molecule has 0 spiro atoms. The number of carbonyl (C=O) groups excluding carboxylic acids is 2. The van der Waals surface area contributed by atoms with Crippen LogP contribution in [0.2, 0.25) is 10.0 Å². The van der Waals surface area contributed by atoms with E-state index in [4.69, 9.17) is 27.9 Å². The molecule has 1 saturated heterocycles. The molecule has 1 aliphatic rings. The molecule has 2 aromatic carbocycles. The molecule has 6 nitrogen and oxygen atoms in total. The Bertz CT molecular complexity index is 1260. The number of benzene rings is 2. The van der Waals surface area contributed by atoms with Crippen LogP contribution >= 0.6 is 23.2 Å². The average Bonchev–Trinajstić information content (AvgIpc) is 3.04. The summed E-state index contributed by atoms with van der Waals surface area (Å²) in [6.07, 6.45) is 3.23. The van der Waals surface area contributed by atoms with Crippen molar-refractivity contribution in [3.05, 3.63) is 99.3 Å². The van der Waals surface area contributed by atoms with Gasteiger partial charge in [0, 0.05) is 34.5 Å². The Kier molecular flexibility index (Phi) is 6.91. The van der Waals surface area contributed by atoms with Crippen molar-refractivity contribution in [2.45, 2.75) is 32.5 Å². The summed E-state index contributed by atoms with van der Waals surface area (Å²) < 4.78 is 5.65. The quantitative estimate of drug-likeness (QED) is 0.265. The summed E-state index contributed by atoms with van der Waals surface area (Å²) in [6, 6.07) is 14.2. The fourth-order valence-electron chi connectivity index (χ4n) is 3.90. The number of aliphatic hydroxyl groups is 1. The van der Waals surface area contributed by atoms with Gasteiger partial charge in [0.05, 0.1) is 17.7 Å². The molecule has 0 aliphatic carbocycles. The highest BCUT2D eigenvalue weighted by Crippen LogP contribution is 2.43. The molecule has 1 aromatic heterocycles. The molecule has 174 valence electrons. The lowest BCUT2D eigenvalue weighted by Gasteiger charge is -2.26. The number of hydrogen-bond acceptors (Lipinski definition) is 5. The van der Waals surface area contributed by atoms with Crippen LogP contribution in [0.4, 0.5) is 0 Å².